The smallest absolute Gasteiger partial charge is 0.403 e. The Bertz CT molecular complexity index is 472. The summed E-state index contributed by atoms with van der Waals surface area (Å²) in [7, 11) is 5.44. The summed E-state index contributed by atoms with van der Waals surface area (Å²) in [5.41, 5.74) is -0.310. The van der Waals surface area contributed by atoms with E-state index < -0.39 is 11.7 Å². The van der Waals surface area contributed by atoms with Gasteiger partial charge in [0, 0.05) is 5.52 Å². The third-order valence-electron chi connectivity index (χ3n) is 2.05. The van der Waals surface area contributed by atoms with E-state index in [1.807, 2.05) is 0 Å². The highest BCUT2D eigenvalue weighted by Gasteiger charge is 2.30. The third-order valence-corrected chi connectivity index (χ3v) is 2.05. The van der Waals surface area contributed by atoms with Crippen molar-refractivity contribution in [2.75, 3.05) is 0 Å². The molecule has 0 N–H and O–H groups in total. The molecule has 14 heavy (non-hydrogen) atoms. The predicted octanol–water partition coefficient (Wildman–Crippen LogP) is 2.59. The second kappa shape index (κ2) is 2.80. The van der Waals surface area contributed by atoms with E-state index in [1.165, 1.54) is 16.7 Å². The Labute approximate surface area is 79.6 Å². The van der Waals surface area contributed by atoms with Gasteiger partial charge >= 0.3 is 6.18 Å². The molecular formula is C9H5BF3N. The zero-order valence-corrected chi connectivity index (χ0v) is 7.05. The minimum absolute atomic E-state index is 0.375. The summed E-state index contributed by atoms with van der Waals surface area (Å²) in [6.07, 6.45) is -2.80. The molecule has 0 amide bonds. The Morgan fingerprint density at radius 3 is 2.50 bits per heavy atom. The fourth-order valence-electron chi connectivity index (χ4n) is 1.33. The summed E-state index contributed by atoms with van der Waals surface area (Å²) in [6.45, 7) is 0. The molecular weight excluding hydrogens is 190 g/mol. The molecule has 5 heteroatoms. The van der Waals surface area contributed by atoms with Crippen LogP contribution < -0.4 is 0 Å². The first-order valence-corrected chi connectivity index (χ1v) is 3.92. The number of fused-ring (bicyclic) bond motifs is 1. The summed E-state index contributed by atoms with van der Waals surface area (Å²) in [4.78, 5) is 0. The molecule has 1 heterocycles. The molecule has 0 fully saturated rings. The van der Waals surface area contributed by atoms with Crippen molar-refractivity contribution in [1.29, 1.82) is 0 Å². The van der Waals surface area contributed by atoms with Crippen LogP contribution in [0.3, 0.4) is 0 Å². The van der Waals surface area contributed by atoms with Gasteiger partial charge in [-0.2, -0.15) is 13.2 Å². The van der Waals surface area contributed by atoms with Gasteiger partial charge in [-0.05, 0) is 29.8 Å². The third kappa shape index (κ3) is 1.39. The van der Waals surface area contributed by atoms with Crippen molar-refractivity contribution in [2.24, 2.45) is 0 Å². The van der Waals surface area contributed by atoms with Gasteiger partial charge in [-0.1, -0.05) is 6.07 Å². The van der Waals surface area contributed by atoms with Crippen LogP contribution in [0.25, 0.3) is 10.9 Å². The minimum atomic E-state index is -4.32. The van der Waals surface area contributed by atoms with Crippen molar-refractivity contribution in [3.05, 3.63) is 36.0 Å². The molecule has 1 nitrogen and oxygen atoms in total. The normalized spacial score (nSPS) is 12.2. The molecule has 0 aliphatic carbocycles. The fraction of sp³-hybridized carbons (Fsp3) is 0.111. The van der Waals surface area contributed by atoms with Gasteiger partial charge in [0.25, 0.3) is 0 Å². The molecule has 2 radical (unpaired) electrons. The number of nitrogens with zero attached hydrogens (tertiary/aromatic N) is 1. The van der Waals surface area contributed by atoms with Gasteiger partial charge in [0.1, 0.15) is 0 Å². The van der Waals surface area contributed by atoms with Crippen LogP contribution in [0.5, 0.6) is 0 Å². The molecule has 1 aromatic carbocycles. The quantitative estimate of drug-likeness (QED) is 0.569. The van der Waals surface area contributed by atoms with Crippen molar-refractivity contribution in [3.8, 4) is 0 Å². The molecule has 70 valence electrons. The van der Waals surface area contributed by atoms with E-state index in [9.17, 15) is 13.2 Å². The minimum Gasteiger partial charge on any atom is -0.403 e. The molecule has 0 saturated heterocycles. The molecule has 2 rings (SSSR count). The van der Waals surface area contributed by atoms with E-state index in [0.29, 0.717) is 10.9 Å². The molecule has 1 aromatic heterocycles. The van der Waals surface area contributed by atoms with E-state index >= 15 is 0 Å². The lowest BCUT2D eigenvalue weighted by atomic mass is 10.1. The Balaban J connectivity index is 2.66. The van der Waals surface area contributed by atoms with E-state index in [1.54, 1.807) is 6.07 Å². The zero-order valence-electron chi connectivity index (χ0n) is 7.05. The van der Waals surface area contributed by atoms with Gasteiger partial charge in [-0.25, -0.2) is 0 Å². The fourth-order valence-corrected chi connectivity index (χ4v) is 1.33. The summed E-state index contributed by atoms with van der Waals surface area (Å²) < 4.78 is 38.1. The monoisotopic (exact) mass is 195 g/mol. The van der Waals surface area contributed by atoms with Crippen LogP contribution in [0, 0.1) is 0 Å². The number of hydrogen-bond donors (Lipinski definition) is 0. The molecule has 2 aromatic rings. The van der Waals surface area contributed by atoms with Gasteiger partial charge in [0.2, 0.25) is 7.98 Å². The lowest BCUT2D eigenvalue weighted by molar-refractivity contribution is -0.137. The number of benzene rings is 1. The lowest BCUT2D eigenvalue weighted by Gasteiger charge is -2.06. The summed E-state index contributed by atoms with van der Waals surface area (Å²) >= 11 is 0. The maximum absolute atomic E-state index is 12.3. The number of rotatable bonds is 0. The Hall–Kier alpha value is -1.39. The van der Waals surface area contributed by atoms with Crippen LogP contribution in [0.15, 0.2) is 30.5 Å². The highest BCUT2D eigenvalue weighted by molar-refractivity contribution is 6.11. The maximum atomic E-state index is 12.3. The topological polar surface area (TPSA) is 4.93 Å². The Morgan fingerprint density at radius 1 is 1.14 bits per heavy atom. The van der Waals surface area contributed by atoms with Crippen molar-refractivity contribution in [2.45, 2.75) is 6.18 Å². The van der Waals surface area contributed by atoms with Crippen LogP contribution in [0.2, 0.25) is 0 Å². The van der Waals surface area contributed by atoms with E-state index in [2.05, 4.69) is 0 Å². The highest BCUT2D eigenvalue weighted by Crippen LogP contribution is 2.31. The molecule has 0 aliphatic rings. The summed E-state index contributed by atoms with van der Waals surface area (Å²) in [5, 5.41) is 0.695. The lowest BCUT2D eigenvalue weighted by Crippen LogP contribution is -2.04. The van der Waals surface area contributed by atoms with Gasteiger partial charge in [0.15, 0.2) is 0 Å². The number of halogens is 3. The largest absolute Gasteiger partial charge is 0.416 e. The van der Waals surface area contributed by atoms with Crippen LogP contribution >= 0.6 is 0 Å². The van der Waals surface area contributed by atoms with Crippen LogP contribution in [-0.4, -0.2) is 12.5 Å². The molecule has 0 bridgehead atoms. The molecule has 0 saturated carbocycles. The van der Waals surface area contributed by atoms with E-state index in [4.69, 9.17) is 7.98 Å². The van der Waals surface area contributed by atoms with Crippen LogP contribution in [0.1, 0.15) is 5.56 Å². The van der Waals surface area contributed by atoms with Crippen LogP contribution in [-0.2, 0) is 6.18 Å². The second-order valence-electron chi connectivity index (χ2n) is 2.99. The van der Waals surface area contributed by atoms with Gasteiger partial charge in [-0.15, -0.1) is 0 Å². The van der Waals surface area contributed by atoms with Crippen molar-refractivity contribution in [1.82, 2.24) is 4.48 Å². The van der Waals surface area contributed by atoms with Crippen molar-refractivity contribution < 1.29 is 13.2 Å². The van der Waals surface area contributed by atoms with Gasteiger partial charge in [-0.3, -0.25) is 0 Å². The van der Waals surface area contributed by atoms with Gasteiger partial charge < -0.3 is 4.48 Å². The number of aromatic nitrogens is 1. The van der Waals surface area contributed by atoms with E-state index in [-0.39, 0.29) is 0 Å². The molecule has 0 aliphatic heterocycles. The second-order valence-corrected chi connectivity index (χ2v) is 2.99. The average molecular weight is 195 g/mol. The SMILES string of the molecule is [B]n1ccc2ccc(C(F)(F)F)cc21. The number of hydrogen-bond acceptors (Lipinski definition) is 0. The summed E-state index contributed by atoms with van der Waals surface area (Å²) in [5.74, 6) is 0. The molecule has 0 spiro atoms. The first kappa shape index (κ1) is 9.18. The maximum Gasteiger partial charge on any atom is 0.416 e. The molecule has 0 unspecified atom stereocenters. The first-order chi connectivity index (χ1) is 6.48. The van der Waals surface area contributed by atoms with Crippen LogP contribution in [0.4, 0.5) is 13.2 Å². The Morgan fingerprint density at radius 2 is 1.86 bits per heavy atom. The van der Waals surface area contributed by atoms with E-state index in [0.717, 1.165) is 12.1 Å². The molecule has 0 atom stereocenters. The average Bonchev–Trinajstić information content (AvgIpc) is 2.46. The summed E-state index contributed by atoms with van der Waals surface area (Å²) in [6, 6.07) is 5.15. The number of alkyl halides is 3. The predicted molar refractivity (Wildman–Crippen MR) is 48.1 cm³/mol. The standard InChI is InChI=1S/C9H5BF3N/c10-14-4-3-6-1-2-7(5-8(6)14)9(11,12)13/h1-5H. The van der Waals surface area contributed by atoms with Gasteiger partial charge in [0.05, 0.1) is 5.56 Å². The van der Waals surface area contributed by atoms with Crippen molar-refractivity contribution >= 4 is 18.9 Å². The van der Waals surface area contributed by atoms with Crippen molar-refractivity contribution in [3.63, 3.8) is 0 Å². The zero-order chi connectivity index (χ0) is 10.3. The first-order valence-electron chi connectivity index (χ1n) is 3.92. The highest BCUT2D eigenvalue weighted by atomic mass is 19.4. The Kier molecular flexibility index (Phi) is 1.84.